The Labute approximate surface area is 96.4 Å². The summed E-state index contributed by atoms with van der Waals surface area (Å²) in [6.45, 7) is 3.80. The Morgan fingerprint density at radius 1 is 1.50 bits per heavy atom. The van der Waals surface area contributed by atoms with Gasteiger partial charge in [0.1, 0.15) is 5.75 Å². The molecule has 0 aliphatic carbocycles. The summed E-state index contributed by atoms with van der Waals surface area (Å²) in [5.74, 6) is 0.356. The minimum absolute atomic E-state index is 0.158. The Hall–Kier alpha value is -1.06. The highest BCUT2D eigenvalue weighted by molar-refractivity contribution is 5.34. The summed E-state index contributed by atoms with van der Waals surface area (Å²) in [6.07, 6.45) is 2.64. The Kier molecular flexibility index (Phi) is 3.80. The van der Waals surface area contributed by atoms with E-state index in [-0.39, 0.29) is 6.04 Å². The number of benzene rings is 1. The second-order valence-corrected chi connectivity index (χ2v) is 4.32. The van der Waals surface area contributed by atoms with E-state index in [4.69, 9.17) is 4.74 Å². The lowest BCUT2D eigenvalue weighted by molar-refractivity contribution is 0.108. The van der Waals surface area contributed by atoms with Crippen LogP contribution in [0.15, 0.2) is 24.3 Å². The van der Waals surface area contributed by atoms with Crippen LogP contribution in [0.1, 0.15) is 31.4 Å². The maximum Gasteiger partial charge on any atom is 0.120 e. The normalized spacial score (nSPS) is 22.2. The summed E-state index contributed by atoms with van der Waals surface area (Å²) < 4.78 is 5.54. The number of phenols is 1. The van der Waals surface area contributed by atoms with Crippen molar-refractivity contribution >= 4 is 0 Å². The molecule has 2 unspecified atom stereocenters. The Morgan fingerprint density at radius 3 is 3.00 bits per heavy atom. The molecule has 1 aliphatic heterocycles. The second-order valence-electron chi connectivity index (χ2n) is 4.32. The third-order valence-electron chi connectivity index (χ3n) is 3.08. The maximum atomic E-state index is 9.70. The van der Waals surface area contributed by atoms with E-state index in [9.17, 15) is 5.11 Å². The molecule has 3 heteroatoms. The predicted molar refractivity (Wildman–Crippen MR) is 63.5 cm³/mol. The highest BCUT2D eigenvalue weighted by atomic mass is 16.5. The van der Waals surface area contributed by atoms with Gasteiger partial charge in [-0.1, -0.05) is 18.2 Å². The summed E-state index contributed by atoms with van der Waals surface area (Å²) in [7, 11) is 0. The molecule has 0 aromatic heterocycles. The quantitative estimate of drug-likeness (QED) is 0.819. The fourth-order valence-corrected chi connectivity index (χ4v) is 2.08. The number of hydrogen-bond donors (Lipinski definition) is 2. The number of nitrogens with one attached hydrogen (secondary N) is 1. The summed E-state index contributed by atoms with van der Waals surface area (Å²) >= 11 is 0. The minimum atomic E-state index is 0.158. The molecule has 1 saturated heterocycles. The first-order valence-corrected chi connectivity index (χ1v) is 5.90. The van der Waals surface area contributed by atoms with Gasteiger partial charge in [-0.05, 0) is 25.8 Å². The van der Waals surface area contributed by atoms with E-state index in [0.29, 0.717) is 11.9 Å². The van der Waals surface area contributed by atoms with Gasteiger partial charge in [0.2, 0.25) is 0 Å². The summed E-state index contributed by atoms with van der Waals surface area (Å²) in [5, 5.41) is 13.1. The van der Waals surface area contributed by atoms with E-state index in [1.165, 1.54) is 0 Å². The van der Waals surface area contributed by atoms with Crippen molar-refractivity contribution in [2.45, 2.75) is 31.9 Å². The molecular formula is C13H19NO2. The fraction of sp³-hybridized carbons (Fsp3) is 0.538. The monoisotopic (exact) mass is 221 g/mol. The minimum Gasteiger partial charge on any atom is -0.508 e. The van der Waals surface area contributed by atoms with E-state index in [2.05, 4.69) is 12.2 Å². The molecular weight excluding hydrogens is 202 g/mol. The van der Waals surface area contributed by atoms with Crippen LogP contribution in [-0.2, 0) is 4.74 Å². The third-order valence-corrected chi connectivity index (χ3v) is 3.08. The van der Waals surface area contributed by atoms with Crippen molar-refractivity contribution < 1.29 is 9.84 Å². The summed E-state index contributed by atoms with van der Waals surface area (Å²) in [5.41, 5.74) is 0.945. The van der Waals surface area contributed by atoms with Crippen molar-refractivity contribution in [2.75, 3.05) is 13.2 Å². The largest absolute Gasteiger partial charge is 0.508 e. The topological polar surface area (TPSA) is 41.5 Å². The molecule has 0 amide bonds. The van der Waals surface area contributed by atoms with Crippen LogP contribution in [0.25, 0.3) is 0 Å². The van der Waals surface area contributed by atoms with Gasteiger partial charge in [0.05, 0.1) is 6.10 Å². The molecule has 3 nitrogen and oxygen atoms in total. The van der Waals surface area contributed by atoms with Gasteiger partial charge >= 0.3 is 0 Å². The van der Waals surface area contributed by atoms with E-state index in [0.717, 1.165) is 31.6 Å². The molecule has 2 N–H and O–H groups in total. The first kappa shape index (κ1) is 11.4. The first-order chi connectivity index (χ1) is 7.77. The van der Waals surface area contributed by atoms with Gasteiger partial charge < -0.3 is 15.2 Å². The van der Waals surface area contributed by atoms with Gasteiger partial charge in [-0.2, -0.15) is 0 Å². The van der Waals surface area contributed by atoms with Crippen LogP contribution in [0.2, 0.25) is 0 Å². The molecule has 1 heterocycles. The zero-order valence-corrected chi connectivity index (χ0v) is 9.65. The number of ether oxygens (including phenoxy) is 1. The van der Waals surface area contributed by atoms with Crippen LogP contribution in [0.3, 0.4) is 0 Å². The molecule has 0 saturated carbocycles. The van der Waals surface area contributed by atoms with Crippen LogP contribution in [0.4, 0.5) is 0 Å². The van der Waals surface area contributed by atoms with Crippen molar-refractivity contribution in [1.29, 1.82) is 0 Å². The second kappa shape index (κ2) is 5.32. The number of phenolic OH excluding ortho intramolecular Hbond substituents is 1. The number of para-hydroxylation sites is 1. The van der Waals surface area contributed by atoms with Crippen molar-refractivity contribution in [3.63, 3.8) is 0 Å². The maximum absolute atomic E-state index is 9.70. The smallest absolute Gasteiger partial charge is 0.120 e. The summed E-state index contributed by atoms with van der Waals surface area (Å²) in [6, 6.07) is 7.61. The lowest BCUT2D eigenvalue weighted by Crippen LogP contribution is -2.28. The molecule has 1 aromatic carbocycles. The zero-order valence-electron chi connectivity index (χ0n) is 9.65. The van der Waals surface area contributed by atoms with Crippen molar-refractivity contribution in [1.82, 2.24) is 5.32 Å². The van der Waals surface area contributed by atoms with Gasteiger partial charge in [0.25, 0.3) is 0 Å². The molecule has 0 spiro atoms. The molecule has 2 rings (SSSR count). The lowest BCUT2D eigenvalue weighted by atomic mass is 10.1. The molecule has 16 heavy (non-hydrogen) atoms. The van der Waals surface area contributed by atoms with Gasteiger partial charge in [-0.15, -0.1) is 0 Å². The number of hydrogen-bond acceptors (Lipinski definition) is 3. The third kappa shape index (κ3) is 2.74. The highest BCUT2D eigenvalue weighted by Crippen LogP contribution is 2.23. The molecule has 2 atom stereocenters. The lowest BCUT2D eigenvalue weighted by Gasteiger charge is -2.18. The van der Waals surface area contributed by atoms with Gasteiger partial charge in [0, 0.05) is 24.8 Å². The highest BCUT2D eigenvalue weighted by Gasteiger charge is 2.17. The Bertz CT molecular complexity index is 334. The molecule has 0 radical (unpaired) electrons. The van der Waals surface area contributed by atoms with Gasteiger partial charge in [-0.25, -0.2) is 0 Å². The molecule has 1 aromatic rings. The molecule has 88 valence electrons. The van der Waals surface area contributed by atoms with Crippen molar-refractivity contribution in [3.8, 4) is 5.75 Å². The van der Waals surface area contributed by atoms with E-state index >= 15 is 0 Å². The Balaban J connectivity index is 1.87. The van der Waals surface area contributed by atoms with Crippen LogP contribution < -0.4 is 5.32 Å². The van der Waals surface area contributed by atoms with E-state index in [1.807, 2.05) is 18.2 Å². The average Bonchev–Trinajstić information content (AvgIpc) is 2.79. The van der Waals surface area contributed by atoms with Crippen LogP contribution in [-0.4, -0.2) is 24.4 Å². The van der Waals surface area contributed by atoms with E-state index < -0.39 is 0 Å². The first-order valence-electron chi connectivity index (χ1n) is 5.90. The van der Waals surface area contributed by atoms with Crippen LogP contribution in [0.5, 0.6) is 5.75 Å². The number of aromatic hydroxyl groups is 1. The Morgan fingerprint density at radius 2 is 2.31 bits per heavy atom. The molecule has 1 fully saturated rings. The van der Waals surface area contributed by atoms with Crippen LogP contribution >= 0.6 is 0 Å². The number of rotatable bonds is 4. The van der Waals surface area contributed by atoms with Gasteiger partial charge in [0.15, 0.2) is 0 Å². The van der Waals surface area contributed by atoms with Crippen molar-refractivity contribution in [2.24, 2.45) is 0 Å². The SMILES string of the molecule is CC(NCC1CCCO1)c1ccccc1O. The van der Waals surface area contributed by atoms with Crippen molar-refractivity contribution in [3.05, 3.63) is 29.8 Å². The molecule has 0 bridgehead atoms. The zero-order chi connectivity index (χ0) is 11.4. The van der Waals surface area contributed by atoms with Gasteiger partial charge in [-0.3, -0.25) is 0 Å². The molecule has 1 aliphatic rings. The fourth-order valence-electron chi connectivity index (χ4n) is 2.08. The average molecular weight is 221 g/mol. The van der Waals surface area contributed by atoms with E-state index in [1.54, 1.807) is 6.07 Å². The standard InChI is InChI=1S/C13H19NO2/c1-10(12-6-2-3-7-13(12)15)14-9-11-5-4-8-16-11/h2-3,6-7,10-11,14-15H,4-5,8-9H2,1H3. The summed E-state index contributed by atoms with van der Waals surface area (Å²) in [4.78, 5) is 0. The predicted octanol–water partition coefficient (Wildman–Crippen LogP) is 2.22. The van der Waals surface area contributed by atoms with Crippen LogP contribution in [0, 0.1) is 0 Å².